The fourth-order valence-corrected chi connectivity index (χ4v) is 1.96. The van der Waals surface area contributed by atoms with Gasteiger partial charge in [0.25, 0.3) is 0 Å². The van der Waals surface area contributed by atoms with Crippen LogP contribution in [0, 0.1) is 0 Å². The van der Waals surface area contributed by atoms with Crippen molar-refractivity contribution in [2.75, 3.05) is 13.6 Å². The molecule has 0 unspecified atom stereocenters. The molecular formula is C14H27N3O. The van der Waals surface area contributed by atoms with Crippen molar-refractivity contribution in [3.05, 3.63) is 11.8 Å². The predicted molar refractivity (Wildman–Crippen MR) is 73.6 cm³/mol. The molecule has 0 saturated heterocycles. The molecular weight excluding hydrogens is 226 g/mol. The van der Waals surface area contributed by atoms with Crippen molar-refractivity contribution in [2.45, 2.75) is 64.7 Å². The molecule has 104 valence electrons. The molecule has 0 amide bonds. The highest BCUT2D eigenvalue weighted by molar-refractivity contribution is 4.82. The summed E-state index contributed by atoms with van der Waals surface area (Å²) >= 11 is 0. The Labute approximate surface area is 111 Å². The summed E-state index contributed by atoms with van der Waals surface area (Å²) in [6.45, 7) is 3.24. The fourth-order valence-electron chi connectivity index (χ4n) is 1.96. The second-order valence-corrected chi connectivity index (χ2v) is 4.81. The van der Waals surface area contributed by atoms with Gasteiger partial charge in [0.1, 0.15) is 0 Å². The van der Waals surface area contributed by atoms with Crippen LogP contribution in [-0.2, 0) is 12.8 Å². The molecule has 0 aliphatic heterocycles. The van der Waals surface area contributed by atoms with Crippen LogP contribution >= 0.6 is 0 Å². The molecule has 0 aromatic carbocycles. The summed E-state index contributed by atoms with van der Waals surface area (Å²) in [5.41, 5.74) is 0. The number of rotatable bonds is 11. The predicted octanol–water partition coefficient (Wildman–Crippen LogP) is 3.12. The van der Waals surface area contributed by atoms with Crippen LogP contribution in [0.1, 0.15) is 63.7 Å². The van der Waals surface area contributed by atoms with Crippen LogP contribution in [-0.4, -0.2) is 23.8 Å². The standard InChI is InChI=1S/C14H27N3O/c1-3-4-5-6-7-8-10-13-16-17-14(18-13)11-9-12-15-2/h15H,3-12H2,1-2H3. The van der Waals surface area contributed by atoms with Crippen LogP contribution < -0.4 is 5.32 Å². The molecule has 0 fully saturated rings. The normalized spacial score (nSPS) is 11.0. The van der Waals surface area contributed by atoms with Crippen molar-refractivity contribution >= 4 is 0 Å². The molecule has 4 heteroatoms. The lowest BCUT2D eigenvalue weighted by Crippen LogP contribution is -2.08. The van der Waals surface area contributed by atoms with E-state index in [2.05, 4.69) is 22.4 Å². The molecule has 0 bridgehead atoms. The van der Waals surface area contributed by atoms with Crippen molar-refractivity contribution < 1.29 is 4.42 Å². The lowest BCUT2D eigenvalue weighted by Gasteiger charge is -1.98. The number of unbranched alkanes of at least 4 members (excludes halogenated alkanes) is 5. The molecule has 1 aromatic rings. The minimum atomic E-state index is 0.784. The van der Waals surface area contributed by atoms with Gasteiger partial charge < -0.3 is 9.73 Å². The van der Waals surface area contributed by atoms with Gasteiger partial charge in [-0.3, -0.25) is 0 Å². The first-order valence-electron chi connectivity index (χ1n) is 7.32. The van der Waals surface area contributed by atoms with Gasteiger partial charge in [-0.1, -0.05) is 39.0 Å². The summed E-state index contributed by atoms with van der Waals surface area (Å²) in [7, 11) is 1.96. The number of nitrogens with one attached hydrogen (secondary N) is 1. The first-order valence-corrected chi connectivity index (χ1v) is 7.32. The minimum absolute atomic E-state index is 0.784. The molecule has 0 saturated carbocycles. The van der Waals surface area contributed by atoms with Gasteiger partial charge in [-0.25, -0.2) is 0 Å². The molecule has 1 heterocycles. The van der Waals surface area contributed by atoms with E-state index < -0.39 is 0 Å². The van der Waals surface area contributed by atoms with E-state index in [0.29, 0.717) is 0 Å². The fraction of sp³-hybridized carbons (Fsp3) is 0.857. The highest BCUT2D eigenvalue weighted by Crippen LogP contribution is 2.09. The van der Waals surface area contributed by atoms with Crippen molar-refractivity contribution in [1.82, 2.24) is 15.5 Å². The maximum atomic E-state index is 5.61. The van der Waals surface area contributed by atoms with E-state index in [0.717, 1.165) is 37.6 Å². The van der Waals surface area contributed by atoms with Gasteiger partial charge in [0.2, 0.25) is 11.8 Å². The minimum Gasteiger partial charge on any atom is -0.425 e. The van der Waals surface area contributed by atoms with Crippen LogP contribution in [0.4, 0.5) is 0 Å². The van der Waals surface area contributed by atoms with Gasteiger partial charge in [-0.05, 0) is 26.4 Å². The molecule has 0 aliphatic rings. The van der Waals surface area contributed by atoms with Crippen molar-refractivity contribution in [3.63, 3.8) is 0 Å². The van der Waals surface area contributed by atoms with Crippen molar-refractivity contribution in [2.24, 2.45) is 0 Å². The third-order valence-electron chi connectivity index (χ3n) is 3.07. The number of nitrogens with zero attached hydrogens (tertiary/aromatic N) is 2. The summed E-state index contributed by atoms with van der Waals surface area (Å²) in [6.07, 6.45) is 10.7. The number of hydrogen-bond donors (Lipinski definition) is 1. The Hall–Kier alpha value is -0.900. The van der Waals surface area contributed by atoms with Crippen LogP contribution in [0.15, 0.2) is 4.42 Å². The van der Waals surface area contributed by atoms with Gasteiger partial charge >= 0.3 is 0 Å². The van der Waals surface area contributed by atoms with E-state index in [1.165, 1.54) is 38.5 Å². The Kier molecular flexibility index (Phi) is 8.47. The average Bonchev–Trinajstić information content (AvgIpc) is 2.82. The Bertz CT molecular complexity index is 299. The van der Waals surface area contributed by atoms with Crippen molar-refractivity contribution in [3.8, 4) is 0 Å². The Morgan fingerprint density at radius 2 is 1.50 bits per heavy atom. The highest BCUT2D eigenvalue weighted by Gasteiger charge is 2.05. The van der Waals surface area contributed by atoms with E-state index in [1.807, 2.05) is 7.05 Å². The first-order chi connectivity index (χ1) is 8.86. The molecule has 0 atom stereocenters. The number of aryl methyl sites for hydroxylation is 2. The summed E-state index contributed by atoms with van der Waals surface area (Å²) < 4.78 is 5.61. The van der Waals surface area contributed by atoms with E-state index in [1.54, 1.807) is 0 Å². The third-order valence-corrected chi connectivity index (χ3v) is 3.07. The molecule has 1 N–H and O–H groups in total. The van der Waals surface area contributed by atoms with Crippen LogP contribution in [0.3, 0.4) is 0 Å². The molecule has 0 aliphatic carbocycles. The Balaban J connectivity index is 2.07. The third kappa shape index (κ3) is 6.74. The smallest absolute Gasteiger partial charge is 0.216 e. The van der Waals surface area contributed by atoms with E-state index in [-0.39, 0.29) is 0 Å². The molecule has 1 aromatic heterocycles. The quantitative estimate of drug-likeness (QED) is 0.616. The molecule has 1 rings (SSSR count). The van der Waals surface area contributed by atoms with Gasteiger partial charge in [0.05, 0.1) is 0 Å². The van der Waals surface area contributed by atoms with Gasteiger partial charge in [0, 0.05) is 12.8 Å². The van der Waals surface area contributed by atoms with Crippen LogP contribution in [0.25, 0.3) is 0 Å². The highest BCUT2D eigenvalue weighted by atomic mass is 16.4. The van der Waals surface area contributed by atoms with Crippen molar-refractivity contribution in [1.29, 1.82) is 0 Å². The number of hydrogen-bond acceptors (Lipinski definition) is 4. The Morgan fingerprint density at radius 3 is 2.17 bits per heavy atom. The lowest BCUT2D eigenvalue weighted by atomic mass is 10.1. The molecule has 0 spiro atoms. The zero-order chi connectivity index (χ0) is 13.1. The first kappa shape index (κ1) is 15.2. The summed E-state index contributed by atoms with van der Waals surface area (Å²) in [5, 5.41) is 11.3. The van der Waals surface area contributed by atoms with E-state index >= 15 is 0 Å². The SMILES string of the molecule is CCCCCCCCc1nnc(CCCNC)o1. The second-order valence-electron chi connectivity index (χ2n) is 4.81. The Morgan fingerprint density at radius 1 is 0.889 bits per heavy atom. The monoisotopic (exact) mass is 253 g/mol. The van der Waals surface area contributed by atoms with Gasteiger partial charge in [-0.2, -0.15) is 0 Å². The molecule has 18 heavy (non-hydrogen) atoms. The maximum absolute atomic E-state index is 5.61. The van der Waals surface area contributed by atoms with E-state index in [9.17, 15) is 0 Å². The second kappa shape index (κ2) is 10.1. The van der Waals surface area contributed by atoms with Crippen LogP contribution in [0.2, 0.25) is 0 Å². The van der Waals surface area contributed by atoms with Gasteiger partial charge in [-0.15, -0.1) is 10.2 Å². The summed E-state index contributed by atoms with van der Waals surface area (Å²) in [5.74, 6) is 1.59. The zero-order valence-electron chi connectivity index (χ0n) is 11.9. The average molecular weight is 253 g/mol. The molecule has 4 nitrogen and oxygen atoms in total. The zero-order valence-corrected chi connectivity index (χ0v) is 11.9. The molecule has 0 radical (unpaired) electrons. The number of aromatic nitrogens is 2. The van der Waals surface area contributed by atoms with Gasteiger partial charge in [0.15, 0.2) is 0 Å². The maximum Gasteiger partial charge on any atom is 0.216 e. The topological polar surface area (TPSA) is 51.0 Å². The largest absolute Gasteiger partial charge is 0.425 e. The lowest BCUT2D eigenvalue weighted by molar-refractivity contribution is 0.434. The van der Waals surface area contributed by atoms with E-state index in [4.69, 9.17) is 4.42 Å². The summed E-state index contributed by atoms with van der Waals surface area (Å²) in [6, 6.07) is 0. The van der Waals surface area contributed by atoms with Crippen LogP contribution in [0.5, 0.6) is 0 Å². The summed E-state index contributed by atoms with van der Waals surface area (Å²) in [4.78, 5) is 0.